The number of aryl methyl sites for hydroxylation is 2. The number of thioether (sulfide) groups is 1. The van der Waals surface area contributed by atoms with Crippen molar-refractivity contribution in [3.8, 4) is 5.69 Å². The van der Waals surface area contributed by atoms with Gasteiger partial charge in [0, 0.05) is 4.88 Å². The number of rotatable bonds is 5. The standard InChI is InChI=1S/C20H22N6OS2/c1-10(2)14-6-8-15(9-7-14)26-20(23-24-25-26)29-13(5)17-21-18(27)16-11(3)12(4)28-19(16)22-17/h6-10,13H,1-5H3,(H,21,22,27)/t13-/m0/s1. The van der Waals surface area contributed by atoms with E-state index < -0.39 is 0 Å². The van der Waals surface area contributed by atoms with Gasteiger partial charge in [0.2, 0.25) is 5.16 Å². The summed E-state index contributed by atoms with van der Waals surface area (Å²) in [6.07, 6.45) is 0. The van der Waals surface area contributed by atoms with E-state index in [1.165, 1.54) is 17.3 Å². The zero-order valence-electron chi connectivity index (χ0n) is 16.9. The molecule has 0 amide bonds. The number of hydrogen-bond acceptors (Lipinski definition) is 7. The lowest BCUT2D eigenvalue weighted by molar-refractivity contribution is 0.752. The van der Waals surface area contributed by atoms with E-state index in [1.54, 1.807) is 16.0 Å². The number of nitrogens with one attached hydrogen (secondary N) is 1. The molecule has 1 atom stereocenters. The summed E-state index contributed by atoms with van der Waals surface area (Å²) < 4.78 is 1.71. The Balaban J connectivity index is 1.63. The van der Waals surface area contributed by atoms with Gasteiger partial charge in [0.1, 0.15) is 10.7 Å². The molecule has 1 N–H and O–H groups in total. The van der Waals surface area contributed by atoms with Crippen LogP contribution in [0.15, 0.2) is 34.2 Å². The maximum atomic E-state index is 12.6. The Kier molecular flexibility index (Phi) is 5.26. The first-order valence-electron chi connectivity index (χ1n) is 9.40. The molecule has 0 unspecified atom stereocenters. The van der Waals surface area contributed by atoms with Crippen LogP contribution in [0.2, 0.25) is 0 Å². The molecular weight excluding hydrogens is 404 g/mol. The molecule has 0 radical (unpaired) electrons. The van der Waals surface area contributed by atoms with Crippen LogP contribution in [0.5, 0.6) is 0 Å². The molecule has 4 rings (SSSR count). The van der Waals surface area contributed by atoms with Gasteiger partial charge >= 0.3 is 0 Å². The molecule has 3 heterocycles. The zero-order valence-corrected chi connectivity index (χ0v) is 18.6. The Morgan fingerprint density at radius 1 is 1.14 bits per heavy atom. The van der Waals surface area contributed by atoms with E-state index >= 15 is 0 Å². The maximum Gasteiger partial charge on any atom is 0.259 e. The summed E-state index contributed by atoms with van der Waals surface area (Å²) >= 11 is 3.01. The van der Waals surface area contributed by atoms with E-state index in [2.05, 4.69) is 46.5 Å². The smallest absolute Gasteiger partial charge is 0.259 e. The topological polar surface area (TPSA) is 89.3 Å². The van der Waals surface area contributed by atoms with Crippen molar-refractivity contribution in [3.63, 3.8) is 0 Å². The number of nitrogens with zero attached hydrogens (tertiary/aromatic N) is 5. The van der Waals surface area contributed by atoms with Crippen molar-refractivity contribution in [2.75, 3.05) is 0 Å². The number of H-pyrrole nitrogens is 1. The number of hydrogen-bond donors (Lipinski definition) is 1. The van der Waals surface area contributed by atoms with Crippen LogP contribution in [0, 0.1) is 13.8 Å². The van der Waals surface area contributed by atoms with Crippen molar-refractivity contribution in [3.05, 3.63) is 56.4 Å². The van der Waals surface area contributed by atoms with Crippen LogP contribution in [0.1, 0.15) is 53.8 Å². The summed E-state index contributed by atoms with van der Waals surface area (Å²) in [7, 11) is 0. The maximum absolute atomic E-state index is 12.6. The molecule has 7 nitrogen and oxygen atoms in total. The van der Waals surface area contributed by atoms with Crippen molar-refractivity contribution >= 4 is 33.3 Å². The molecule has 9 heteroatoms. The second-order valence-corrected chi connectivity index (χ2v) is 9.81. The lowest BCUT2D eigenvalue weighted by atomic mass is 10.0. The fourth-order valence-electron chi connectivity index (χ4n) is 3.09. The number of benzene rings is 1. The number of thiophene rings is 1. The van der Waals surface area contributed by atoms with E-state index in [4.69, 9.17) is 4.98 Å². The molecule has 0 aliphatic carbocycles. The highest BCUT2D eigenvalue weighted by Gasteiger charge is 2.19. The van der Waals surface area contributed by atoms with Crippen molar-refractivity contribution in [1.82, 2.24) is 30.2 Å². The van der Waals surface area contributed by atoms with Gasteiger partial charge < -0.3 is 4.98 Å². The van der Waals surface area contributed by atoms with Crippen LogP contribution in [0.4, 0.5) is 0 Å². The number of aromatic amines is 1. The van der Waals surface area contributed by atoms with E-state index in [1.807, 2.05) is 32.9 Å². The van der Waals surface area contributed by atoms with Gasteiger partial charge in [-0.05, 0) is 60.4 Å². The van der Waals surface area contributed by atoms with E-state index in [9.17, 15) is 4.79 Å². The highest BCUT2D eigenvalue weighted by molar-refractivity contribution is 7.99. The van der Waals surface area contributed by atoms with Gasteiger partial charge in [0.25, 0.3) is 5.56 Å². The molecule has 29 heavy (non-hydrogen) atoms. The second kappa shape index (κ2) is 7.72. The minimum atomic E-state index is -0.116. The minimum absolute atomic E-state index is 0.0943. The SMILES string of the molecule is Cc1sc2nc([C@H](C)Sc3nnnn3-c3ccc(C(C)C)cc3)[nH]c(=O)c2c1C. The monoisotopic (exact) mass is 426 g/mol. The van der Waals surface area contributed by atoms with Gasteiger partial charge in [-0.3, -0.25) is 4.79 Å². The predicted molar refractivity (Wildman–Crippen MR) is 117 cm³/mol. The largest absolute Gasteiger partial charge is 0.309 e. The first-order valence-corrected chi connectivity index (χ1v) is 11.1. The molecule has 1 aromatic carbocycles. The van der Waals surface area contributed by atoms with Crippen LogP contribution in [-0.4, -0.2) is 30.2 Å². The summed E-state index contributed by atoms with van der Waals surface area (Å²) in [5.74, 6) is 1.09. The van der Waals surface area contributed by atoms with Crippen LogP contribution in [-0.2, 0) is 0 Å². The first-order chi connectivity index (χ1) is 13.8. The lowest BCUT2D eigenvalue weighted by Gasteiger charge is -2.11. The second-order valence-electron chi connectivity index (χ2n) is 7.29. The van der Waals surface area contributed by atoms with Crippen molar-refractivity contribution in [2.45, 2.75) is 50.9 Å². The summed E-state index contributed by atoms with van der Waals surface area (Å²) in [5, 5.41) is 13.4. The Hall–Kier alpha value is -2.52. The van der Waals surface area contributed by atoms with E-state index in [0.717, 1.165) is 21.0 Å². The van der Waals surface area contributed by atoms with Crippen LogP contribution in [0.25, 0.3) is 15.9 Å². The summed E-state index contributed by atoms with van der Waals surface area (Å²) in [6, 6.07) is 8.22. The number of fused-ring (bicyclic) bond motifs is 1. The highest BCUT2D eigenvalue weighted by atomic mass is 32.2. The molecule has 0 aliphatic rings. The third-order valence-corrected chi connectivity index (χ3v) is 7.11. The molecule has 3 aromatic heterocycles. The average molecular weight is 427 g/mol. The quantitative estimate of drug-likeness (QED) is 0.471. The van der Waals surface area contributed by atoms with Crippen LogP contribution in [0.3, 0.4) is 0 Å². The predicted octanol–water partition coefficient (Wildman–Crippen LogP) is 4.55. The fraction of sp³-hybridized carbons (Fsp3) is 0.350. The normalized spacial score (nSPS) is 12.8. The average Bonchev–Trinajstić information content (AvgIpc) is 3.26. The van der Waals surface area contributed by atoms with E-state index in [0.29, 0.717) is 22.3 Å². The summed E-state index contributed by atoms with van der Waals surface area (Å²) in [6.45, 7) is 10.3. The number of tetrazole rings is 1. The third kappa shape index (κ3) is 3.72. The molecular formula is C20H22N6OS2. The first kappa shape index (κ1) is 19.8. The Morgan fingerprint density at radius 2 is 1.86 bits per heavy atom. The van der Waals surface area contributed by atoms with Gasteiger partial charge in [-0.1, -0.05) is 37.7 Å². The van der Waals surface area contributed by atoms with Gasteiger partial charge in [-0.15, -0.1) is 16.4 Å². The molecule has 0 bridgehead atoms. The summed E-state index contributed by atoms with van der Waals surface area (Å²) in [5.41, 5.74) is 3.07. The van der Waals surface area contributed by atoms with Gasteiger partial charge in [-0.25, -0.2) is 4.98 Å². The molecule has 0 saturated carbocycles. The van der Waals surface area contributed by atoms with Crippen molar-refractivity contribution < 1.29 is 0 Å². The zero-order chi connectivity index (χ0) is 20.7. The van der Waals surface area contributed by atoms with Crippen molar-refractivity contribution in [2.24, 2.45) is 0 Å². The number of aromatic nitrogens is 6. The molecule has 4 aromatic rings. The third-order valence-electron chi connectivity index (χ3n) is 4.97. The lowest BCUT2D eigenvalue weighted by Crippen LogP contribution is -2.12. The Bertz CT molecular complexity index is 1220. The Labute approximate surface area is 176 Å². The van der Waals surface area contributed by atoms with Gasteiger partial charge in [0.15, 0.2) is 0 Å². The van der Waals surface area contributed by atoms with Crippen LogP contribution < -0.4 is 5.56 Å². The molecule has 0 aliphatic heterocycles. The molecule has 0 spiro atoms. The van der Waals surface area contributed by atoms with Gasteiger partial charge in [-0.2, -0.15) is 4.68 Å². The van der Waals surface area contributed by atoms with Crippen molar-refractivity contribution in [1.29, 1.82) is 0 Å². The summed E-state index contributed by atoms with van der Waals surface area (Å²) in [4.78, 5) is 22.1. The molecule has 0 saturated heterocycles. The Morgan fingerprint density at radius 3 is 2.55 bits per heavy atom. The van der Waals surface area contributed by atoms with E-state index in [-0.39, 0.29) is 10.8 Å². The fourth-order valence-corrected chi connectivity index (χ4v) is 4.99. The minimum Gasteiger partial charge on any atom is -0.309 e. The molecule has 150 valence electrons. The highest BCUT2D eigenvalue weighted by Crippen LogP contribution is 2.34. The molecule has 0 fully saturated rings. The van der Waals surface area contributed by atoms with Gasteiger partial charge in [0.05, 0.1) is 16.3 Å². The van der Waals surface area contributed by atoms with Crippen LogP contribution >= 0.6 is 23.1 Å².